The maximum Gasteiger partial charge on any atom is 0.312 e. The zero-order valence-electron chi connectivity index (χ0n) is 14.3. The lowest BCUT2D eigenvalue weighted by Gasteiger charge is -2.18. The van der Waals surface area contributed by atoms with Crippen LogP contribution < -0.4 is 26.6 Å². The van der Waals surface area contributed by atoms with E-state index in [-0.39, 0.29) is 13.0 Å². The van der Waals surface area contributed by atoms with E-state index >= 15 is 0 Å². The number of para-hydroxylation sites is 1. The maximum atomic E-state index is 12.3. The lowest BCUT2D eigenvalue weighted by molar-refractivity contribution is -0.130. The molecule has 2 aromatic carbocycles. The molecule has 0 fully saturated rings. The van der Waals surface area contributed by atoms with Crippen LogP contribution in [0, 0.1) is 0 Å². The number of nitrogens with one attached hydrogen (secondary N) is 3. The van der Waals surface area contributed by atoms with Crippen LogP contribution in [-0.4, -0.2) is 30.5 Å². The fraction of sp³-hybridized carbons (Fsp3) is 0.167. The van der Waals surface area contributed by atoms with Crippen LogP contribution in [-0.2, 0) is 16.0 Å². The van der Waals surface area contributed by atoms with Gasteiger partial charge in [0.1, 0.15) is 11.8 Å². The minimum atomic E-state index is -0.949. The SMILES string of the molecule is NC(=O)N[C@H](Cc1ccccc1)C(=O)NNC(=O)COc1ccccc1Cl. The Morgan fingerprint density at radius 2 is 1.67 bits per heavy atom. The molecule has 1 atom stereocenters. The number of hydrogen-bond acceptors (Lipinski definition) is 4. The number of nitrogens with two attached hydrogens (primary N) is 1. The van der Waals surface area contributed by atoms with Crippen molar-refractivity contribution in [2.75, 3.05) is 6.61 Å². The molecule has 4 amide bonds. The molecule has 5 N–H and O–H groups in total. The molecule has 0 aliphatic carbocycles. The predicted molar refractivity (Wildman–Crippen MR) is 99.9 cm³/mol. The Balaban J connectivity index is 1.85. The fourth-order valence-electron chi connectivity index (χ4n) is 2.19. The van der Waals surface area contributed by atoms with Gasteiger partial charge in [0.05, 0.1) is 5.02 Å². The Labute approximate surface area is 161 Å². The standard InChI is InChI=1S/C18H19ClN4O4/c19-13-8-4-5-9-15(13)27-11-16(24)22-23-17(25)14(21-18(20)26)10-12-6-2-1-3-7-12/h1-9,14H,10-11H2,(H,22,24)(H,23,25)(H3,20,21,26)/t14-/m1/s1. The number of primary amides is 1. The first-order valence-electron chi connectivity index (χ1n) is 8.01. The van der Waals surface area contributed by atoms with Gasteiger partial charge in [0.2, 0.25) is 0 Å². The van der Waals surface area contributed by atoms with Crippen LogP contribution >= 0.6 is 11.6 Å². The summed E-state index contributed by atoms with van der Waals surface area (Å²) < 4.78 is 5.27. The van der Waals surface area contributed by atoms with Crippen molar-refractivity contribution in [3.63, 3.8) is 0 Å². The van der Waals surface area contributed by atoms with E-state index in [4.69, 9.17) is 22.1 Å². The lowest BCUT2D eigenvalue weighted by atomic mass is 10.1. The highest BCUT2D eigenvalue weighted by Gasteiger charge is 2.20. The second-order valence-electron chi connectivity index (χ2n) is 5.51. The van der Waals surface area contributed by atoms with E-state index in [0.717, 1.165) is 5.56 Å². The number of carbonyl (C=O) groups excluding carboxylic acids is 3. The Bertz CT molecular complexity index is 801. The van der Waals surface area contributed by atoms with Crippen molar-refractivity contribution in [2.45, 2.75) is 12.5 Å². The molecule has 142 valence electrons. The van der Waals surface area contributed by atoms with Crippen LogP contribution in [0.15, 0.2) is 54.6 Å². The maximum absolute atomic E-state index is 12.3. The Kier molecular flexibility index (Phi) is 7.45. The number of urea groups is 1. The highest BCUT2D eigenvalue weighted by atomic mass is 35.5. The van der Waals surface area contributed by atoms with E-state index in [1.165, 1.54) is 0 Å². The number of carbonyl (C=O) groups is 3. The zero-order chi connectivity index (χ0) is 19.6. The van der Waals surface area contributed by atoms with E-state index in [9.17, 15) is 14.4 Å². The fourth-order valence-corrected chi connectivity index (χ4v) is 2.38. The van der Waals surface area contributed by atoms with E-state index in [1.807, 2.05) is 18.2 Å². The minimum absolute atomic E-state index is 0.210. The number of halogens is 1. The summed E-state index contributed by atoms with van der Waals surface area (Å²) >= 11 is 5.92. The second kappa shape index (κ2) is 10.0. The lowest BCUT2D eigenvalue weighted by Crippen LogP contribution is -2.54. The average molecular weight is 391 g/mol. The minimum Gasteiger partial charge on any atom is -0.482 e. The third-order valence-corrected chi connectivity index (χ3v) is 3.75. The van der Waals surface area contributed by atoms with Crippen LogP contribution in [0.1, 0.15) is 5.56 Å². The van der Waals surface area contributed by atoms with Crippen LogP contribution in [0.25, 0.3) is 0 Å². The molecule has 8 nitrogen and oxygen atoms in total. The van der Waals surface area contributed by atoms with Gasteiger partial charge < -0.3 is 15.8 Å². The van der Waals surface area contributed by atoms with Crippen molar-refractivity contribution in [2.24, 2.45) is 5.73 Å². The third kappa shape index (κ3) is 6.87. The number of rotatable bonds is 7. The van der Waals surface area contributed by atoms with Gasteiger partial charge in [-0.1, -0.05) is 54.1 Å². The zero-order valence-corrected chi connectivity index (χ0v) is 15.0. The molecule has 0 unspecified atom stereocenters. The molecule has 0 bridgehead atoms. The molecule has 0 heterocycles. The predicted octanol–water partition coefficient (Wildman–Crippen LogP) is 1.15. The highest BCUT2D eigenvalue weighted by Crippen LogP contribution is 2.22. The van der Waals surface area contributed by atoms with Gasteiger partial charge in [-0.2, -0.15) is 0 Å². The highest BCUT2D eigenvalue weighted by molar-refractivity contribution is 6.32. The van der Waals surface area contributed by atoms with Crippen LogP contribution in [0.3, 0.4) is 0 Å². The van der Waals surface area contributed by atoms with Crippen LogP contribution in [0.5, 0.6) is 5.75 Å². The second-order valence-corrected chi connectivity index (χ2v) is 5.91. The van der Waals surface area contributed by atoms with Gasteiger partial charge in [-0.25, -0.2) is 4.79 Å². The number of ether oxygens (including phenoxy) is 1. The first-order valence-corrected chi connectivity index (χ1v) is 8.39. The summed E-state index contributed by atoms with van der Waals surface area (Å²) in [5, 5.41) is 2.71. The van der Waals surface area contributed by atoms with E-state index in [2.05, 4.69) is 16.2 Å². The number of hydrazine groups is 1. The summed E-state index contributed by atoms with van der Waals surface area (Å²) in [6.07, 6.45) is 0.210. The van der Waals surface area contributed by atoms with Gasteiger partial charge >= 0.3 is 6.03 Å². The van der Waals surface area contributed by atoms with Gasteiger partial charge in [0, 0.05) is 6.42 Å². The quantitative estimate of drug-likeness (QED) is 0.529. The topological polar surface area (TPSA) is 123 Å². The summed E-state index contributed by atoms with van der Waals surface area (Å²) in [6.45, 7) is -0.351. The van der Waals surface area contributed by atoms with Crippen LogP contribution in [0.2, 0.25) is 5.02 Å². The van der Waals surface area contributed by atoms with E-state index < -0.39 is 23.9 Å². The first kappa shape index (κ1) is 20.1. The van der Waals surface area contributed by atoms with Gasteiger partial charge in [-0.15, -0.1) is 0 Å². The molecule has 0 aliphatic rings. The van der Waals surface area contributed by atoms with Gasteiger partial charge in [-0.3, -0.25) is 20.4 Å². The molecule has 2 aromatic rings. The van der Waals surface area contributed by atoms with Crippen molar-refractivity contribution >= 4 is 29.4 Å². The number of benzene rings is 2. The summed E-state index contributed by atoms with van der Waals surface area (Å²) in [6, 6.07) is 13.9. The van der Waals surface area contributed by atoms with Crippen molar-refractivity contribution in [3.8, 4) is 5.75 Å². The van der Waals surface area contributed by atoms with Crippen molar-refractivity contribution in [1.82, 2.24) is 16.2 Å². The largest absolute Gasteiger partial charge is 0.482 e. The Morgan fingerprint density at radius 3 is 2.33 bits per heavy atom. The number of amides is 4. The molecule has 0 spiro atoms. The molecule has 27 heavy (non-hydrogen) atoms. The third-order valence-electron chi connectivity index (χ3n) is 3.44. The molecule has 2 rings (SSSR count). The summed E-state index contributed by atoms with van der Waals surface area (Å²) in [5.74, 6) is -0.873. The van der Waals surface area contributed by atoms with Gasteiger partial charge in [-0.05, 0) is 17.7 Å². The number of hydrogen-bond donors (Lipinski definition) is 4. The molecule has 0 saturated carbocycles. The van der Waals surface area contributed by atoms with Crippen molar-refractivity contribution in [1.29, 1.82) is 0 Å². The molecule has 0 aliphatic heterocycles. The van der Waals surface area contributed by atoms with Gasteiger partial charge in [0.25, 0.3) is 11.8 Å². The molecule has 0 aromatic heterocycles. The van der Waals surface area contributed by atoms with E-state index in [0.29, 0.717) is 10.8 Å². The average Bonchev–Trinajstić information content (AvgIpc) is 2.65. The van der Waals surface area contributed by atoms with E-state index in [1.54, 1.807) is 36.4 Å². The summed E-state index contributed by atoms with van der Waals surface area (Å²) in [4.78, 5) is 35.2. The smallest absolute Gasteiger partial charge is 0.312 e. The first-order chi connectivity index (χ1) is 13.0. The molecule has 0 saturated heterocycles. The summed E-state index contributed by atoms with van der Waals surface area (Å²) in [5.41, 5.74) is 10.4. The van der Waals surface area contributed by atoms with Crippen LogP contribution in [0.4, 0.5) is 4.79 Å². The summed E-state index contributed by atoms with van der Waals surface area (Å²) in [7, 11) is 0. The van der Waals surface area contributed by atoms with Crippen molar-refractivity contribution in [3.05, 3.63) is 65.2 Å². The van der Waals surface area contributed by atoms with Gasteiger partial charge in [0.15, 0.2) is 6.61 Å². The molecular weight excluding hydrogens is 372 g/mol. The molecular formula is C18H19ClN4O4. The Hall–Kier alpha value is -3.26. The Morgan fingerprint density at radius 1 is 1.00 bits per heavy atom. The molecule has 0 radical (unpaired) electrons. The van der Waals surface area contributed by atoms with Crippen molar-refractivity contribution < 1.29 is 19.1 Å². The molecule has 9 heteroatoms. The monoisotopic (exact) mass is 390 g/mol. The normalized spacial score (nSPS) is 11.1.